The van der Waals surface area contributed by atoms with Gasteiger partial charge in [-0.3, -0.25) is 4.90 Å². The molecule has 9 nitrogen and oxygen atoms in total. The van der Waals surface area contributed by atoms with Crippen LogP contribution in [-0.2, 0) is 30.6 Å². The summed E-state index contributed by atoms with van der Waals surface area (Å²) >= 11 is 0. The first kappa shape index (κ1) is 31.7. The van der Waals surface area contributed by atoms with Gasteiger partial charge in [0.2, 0.25) is 5.88 Å². The zero-order valence-electron chi connectivity index (χ0n) is 25.5. The van der Waals surface area contributed by atoms with E-state index in [2.05, 4.69) is 21.4 Å². The number of carboxylic acids is 1. The Bertz CT molecular complexity index is 1720. The summed E-state index contributed by atoms with van der Waals surface area (Å²) in [6, 6.07) is 13.1. The third kappa shape index (κ3) is 6.80. The summed E-state index contributed by atoms with van der Waals surface area (Å²) in [5, 5.41) is 9.57. The second-order valence-corrected chi connectivity index (χ2v) is 12.0. The fourth-order valence-corrected chi connectivity index (χ4v) is 6.13. The average Bonchev–Trinajstić information content (AvgIpc) is 3.52. The molecule has 4 heterocycles. The molecule has 0 aliphatic carbocycles. The topological polar surface area (TPSA) is 93.0 Å². The van der Waals surface area contributed by atoms with Crippen LogP contribution in [0.3, 0.4) is 0 Å². The van der Waals surface area contributed by atoms with Crippen LogP contribution in [0.5, 0.6) is 5.88 Å². The minimum absolute atomic E-state index is 0.00165. The minimum Gasteiger partial charge on any atom is -0.478 e. The number of benzene rings is 2. The number of carbonyl (C=O) groups is 1. The Hall–Kier alpha value is -4.23. The standard InChI is InChI=1S/C33H35F4N5O4/c1-20-6-10-24(41(20)18-30-38-27-11-8-21(32(43)44)14-28(27)42(30)17-25-12-13-45-25)16-40(2)29-4-3-5-31(39-29)46-19-22-7-9-23(15-26(22)34)33(35,36)37/h3-5,7-9,11,14-15,20,24-25H,6,10,12-13,16-19H2,1-2H3,(H,43,44). The summed E-state index contributed by atoms with van der Waals surface area (Å²) in [7, 11) is 1.93. The molecular weight excluding hydrogens is 606 g/mol. The predicted octanol–water partition coefficient (Wildman–Crippen LogP) is 6.14. The second kappa shape index (κ2) is 12.9. The molecule has 4 aromatic rings. The Morgan fingerprint density at radius 3 is 2.61 bits per heavy atom. The van der Waals surface area contributed by atoms with Gasteiger partial charge in [-0.2, -0.15) is 18.2 Å². The first-order chi connectivity index (χ1) is 22.0. The largest absolute Gasteiger partial charge is 0.478 e. The van der Waals surface area contributed by atoms with Crippen molar-refractivity contribution in [3.63, 3.8) is 0 Å². The Kier molecular flexibility index (Phi) is 8.88. The number of likely N-dealkylation sites (tertiary alicyclic amines) is 1. The van der Waals surface area contributed by atoms with Crippen LogP contribution in [0.1, 0.15) is 53.5 Å². The van der Waals surface area contributed by atoms with Crippen LogP contribution in [0.25, 0.3) is 11.0 Å². The van der Waals surface area contributed by atoms with Crippen LogP contribution < -0.4 is 9.64 Å². The number of alkyl halides is 3. The fourth-order valence-electron chi connectivity index (χ4n) is 6.13. The predicted molar refractivity (Wildman–Crippen MR) is 162 cm³/mol. The minimum atomic E-state index is -4.63. The molecule has 3 atom stereocenters. The van der Waals surface area contributed by atoms with Crippen molar-refractivity contribution >= 4 is 22.8 Å². The summed E-state index contributed by atoms with van der Waals surface area (Å²) in [6.07, 6.45) is -1.65. The number of imidazole rings is 1. The number of anilines is 1. The lowest BCUT2D eigenvalue weighted by Gasteiger charge is -2.32. The van der Waals surface area contributed by atoms with E-state index in [1.54, 1.807) is 30.3 Å². The van der Waals surface area contributed by atoms with E-state index < -0.39 is 23.5 Å². The molecule has 0 radical (unpaired) electrons. The SMILES string of the molecule is CC1CCC(CN(C)c2cccc(OCc3ccc(C(F)(F)F)cc3F)n2)N1Cc1nc2ccc(C(=O)O)cc2n1CC1CCO1. The zero-order chi connectivity index (χ0) is 32.6. The van der Waals surface area contributed by atoms with E-state index in [-0.39, 0.29) is 35.8 Å². The van der Waals surface area contributed by atoms with Crippen LogP contribution >= 0.6 is 0 Å². The van der Waals surface area contributed by atoms with E-state index in [0.29, 0.717) is 37.6 Å². The van der Waals surface area contributed by atoms with Gasteiger partial charge in [0.05, 0.1) is 41.4 Å². The van der Waals surface area contributed by atoms with Gasteiger partial charge in [-0.25, -0.2) is 14.2 Å². The first-order valence-corrected chi connectivity index (χ1v) is 15.2. The van der Waals surface area contributed by atoms with Gasteiger partial charge in [0.25, 0.3) is 0 Å². The smallest absolute Gasteiger partial charge is 0.416 e. The molecule has 2 aliphatic rings. The van der Waals surface area contributed by atoms with Crippen molar-refractivity contribution in [1.29, 1.82) is 0 Å². The van der Waals surface area contributed by atoms with Gasteiger partial charge in [-0.1, -0.05) is 12.1 Å². The van der Waals surface area contributed by atoms with Crippen molar-refractivity contribution < 1.29 is 36.9 Å². The lowest BCUT2D eigenvalue weighted by atomic mass is 10.1. The third-order valence-electron chi connectivity index (χ3n) is 8.87. The maximum Gasteiger partial charge on any atom is 0.416 e. The molecule has 0 spiro atoms. The highest BCUT2D eigenvalue weighted by Gasteiger charge is 2.34. The zero-order valence-corrected chi connectivity index (χ0v) is 25.5. The first-order valence-electron chi connectivity index (χ1n) is 15.2. The van der Waals surface area contributed by atoms with E-state index >= 15 is 0 Å². The van der Waals surface area contributed by atoms with Crippen molar-refractivity contribution in [2.24, 2.45) is 0 Å². The molecule has 2 aromatic heterocycles. The molecule has 2 aliphatic heterocycles. The number of rotatable bonds is 11. The number of hydrogen-bond acceptors (Lipinski definition) is 7. The van der Waals surface area contributed by atoms with Gasteiger partial charge in [0, 0.05) is 43.9 Å². The van der Waals surface area contributed by atoms with Crippen LogP contribution in [0.15, 0.2) is 54.6 Å². The summed E-state index contributed by atoms with van der Waals surface area (Å²) in [6.45, 7) is 4.49. The van der Waals surface area contributed by atoms with E-state index in [4.69, 9.17) is 14.5 Å². The number of pyridine rings is 1. The highest BCUT2D eigenvalue weighted by molar-refractivity contribution is 5.92. The molecule has 46 heavy (non-hydrogen) atoms. The molecule has 2 aromatic carbocycles. The molecule has 244 valence electrons. The quantitative estimate of drug-likeness (QED) is 0.195. The van der Waals surface area contributed by atoms with E-state index in [1.807, 2.05) is 18.0 Å². The van der Waals surface area contributed by atoms with E-state index in [1.165, 1.54) is 0 Å². The number of nitrogens with zero attached hydrogens (tertiary/aromatic N) is 5. The second-order valence-electron chi connectivity index (χ2n) is 12.0. The number of halogens is 4. The molecule has 6 rings (SSSR count). The third-order valence-corrected chi connectivity index (χ3v) is 8.87. The van der Waals surface area contributed by atoms with E-state index in [0.717, 1.165) is 54.9 Å². The maximum atomic E-state index is 14.3. The Morgan fingerprint density at radius 1 is 1.11 bits per heavy atom. The van der Waals surface area contributed by atoms with Crippen molar-refractivity contribution in [3.05, 3.63) is 82.9 Å². The number of carboxylic acid groups (broad SMARTS) is 1. The Balaban J connectivity index is 1.15. The lowest BCUT2D eigenvalue weighted by Crippen LogP contribution is -2.42. The number of hydrogen-bond donors (Lipinski definition) is 1. The molecule has 1 N–H and O–H groups in total. The van der Waals surface area contributed by atoms with Crippen LogP contribution in [0.2, 0.25) is 0 Å². The normalized spacial score (nSPS) is 20.2. The fraction of sp³-hybridized carbons (Fsp3) is 0.424. The van der Waals surface area contributed by atoms with Crippen molar-refractivity contribution in [1.82, 2.24) is 19.4 Å². The number of ether oxygens (including phenoxy) is 2. The van der Waals surface area contributed by atoms with Gasteiger partial charge in [0.15, 0.2) is 0 Å². The number of aromatic nitrogens is 3. The van der Waals surface area contributed by atoms with Crippen molar-refractivity contribution in [2.75, 3.05) is 25.1 Å². The highest BCUT2D eigenvalue weighted by Crippen LogP contribution is 2.32. The molecule has 3 unspecified atom stereocenters. The molecular formula is C33H35F4N5O4. The monoisotopic (exact) mass is 641 g/mol. The summed E-state index contributed by atoms with van der Waals surface area (Å²) in [4.78, 5) is 25.6. The van der Waals surface area contributed by atoms with Gasteiger partial charge in [0.1, 0.15) is 24.1 Å². The molecule has 0 bridgehead atoms. The van der Waals surface area contributed by atoms with Crippen molar-refractivity contribution in [3.8, 4) is 5.88 Å². The lowest BCUT2D eigenvalue weighted by molar-refractivity contribution is -0.137. The van der Waals surface area contributed by atoms with Crippen LogP contribution in [0, 0.1) is 5.82 Å². The molecule has 0 saturated carbocycles. The van der Waals surface area contributed by atoms with E-state index in [9.17, 15) is 27.5 Å². The summed E-state index contributed by atoms with van der Waals surface area (Å²) in [5.41, 5.74) is 0.688. The Labute approximate surface area is 263 Å². The molecule has 0 amide bonds. The summed E-state index contributed by atoms with van der Waals surface area (Å²) in [5.74, 6) is -0.247. The van der Waals surface area contributed by atoms with Gasteiger partial charge >= 0.3 is 12.1 Å². The number of likely N-dealkylation sites (N-methyl/N-ethyl adjacent to an activating group) is 1. The highest BCUT2D eigenvalue weighted by atomic mass is 19.4. The maximum absolute atomic E-state index is 14.3. The number of fused-ring (bicyclic) bond motifs is 1. The average molecular weight is 642 g/mol. The molecule has 2 saturated heterocycles. The number of aromatic carboxylic acids is 1. The molecule has 13 heteroatoms. The Morgan fingerprint density at radius 2 is 1.91 bits per heavy atom. The van der Waals surface area contributed by atoms with Gasteiger partial charge in [-0.15, -0.1) is 0 Å². The summed E-state index contributed by atoms with van der Waals surface area (Å²) < 4.78 is 66.4. The van der Waals surface area contributed by atoms with Crippen LogP contribution in [0.4, 0.5) is 23.4 Å². The van der Waals surface area contributed by atoms with Crippen LogP contribution in [-0.4, -0.2) is 68.9 Å². The van der Waals surface area contributed by atoms with Gasteiger partial charge in [-0.05, 0) is 62.6 Å². The van der Waals surface area contributed by atoms with Gasteiger partial charge < -0.3 is 24.0 Å². The molecule has 2 fully saturated rings. The van der Waals surface area contributed by atoms with Crippen molar-refractivity contribution in [2.45, 2.75) is 70.2 Å².